The van der Waals surface area contributed by atoms with Crippen LogP contribution in [0.15, 0.2) is 18.2 Å². The van der Waals surface area contributed by atoms with Gasteiger partial charge in [0.05, 0.1) is 6.54 Å². The topological polar surface area (TPSA) is 58.2 Å². The monoisotopic (exact) mass is 238 g/mol. The SMILES string of the molecule is CCNC(=O)CNC(=O)c1ccc(C)c(F)c1. The van der Waals surface area contributed by atoms with Crippen molar-refractivity contribution in [2.24, 2.45) is 0 Å². The second-order valence-corrected chi connectivity index (χ2v) is 3.60. The summed E-state index contributed by atoms with van der Waals surface area (Å²) < 4.78 is 13.2. The minimum atomic E-state index is -0.463. The normalized spacial score (nSPS) is 9.82. The van der Waals surface area contributed by atoms with E-state index < -0.39 is 11.7 Å². The van der Waals surface area contributed by atoms with Crippen LogP contribution in [-0.2, 0) is 4.79 Å². The molecule has 0 aliphatic rings. The zero-order valence-electron chi connectivity index (χ0n) is 9.84. The molecule has 1 aromatic rings. The number of likely N-dealkylation sites (N-methyl/N-ethyl adjacent to an activating group) is 1. The Hall–Kier alpha value is -1.91. The molecular formula is C12H15FN2O2. The van der Waals surface area contributed by atoms with Gasteiger partial charge in [0.25, 0.3) is 5.91 Å². The van der Waals surface area contributed by atoms with Gasteiger partial charge in [0.15, 0.2) is 0 Å². The zero-order chi connectivity index (χ0) is 12.8. The number of carbonyl (C=O) groups excluding carboxylic acids is 2. The standard InChI is InChI=1S/C12H15FN2O2/c1-3-14-11(16)7-15-12(17)9-5-4-8(2)10(13)6-9/h4-6H,3,7H2,1-2H3,(H,14,16)(H,15,17). The summed E-state index contributed by atoms with van der Waals surface area (Å²) in [7, 11) is 0. The van der Waals surface area contributed by atoms with Crippen LogP contribution < -0.4 is 10.6 Å². The van der Waals surface area contributed by atoms with Gasteiger partial charge in [0.2, 0.25) is 5.91 Å². The van der Waals surface area contributed by atoms with Crippen molar-refractivity contribution < 1.29 is 14.0 Å². The highest BCUT2D eigenvalue weighted by Gasteiger charge is 2.09. The quantitative estimate of drug-likeness (QED) is 0.822. The fraction of sp³-hybridized carbons (Fsp3) is 0.333. The predicted octanol–water partition coefficient (Wildman–Crippen LogP) is 1.00. The molecule has 92 valence electrons. The van der Waals surface area contributed by atoms with Gasteiger partial charge in [-0.25, -0.2) is 4.39 Å². The Morgan fingerprint density at radius 3 is 2.59 bits per heavy atom. The fourth-order valence-electron chi connectivity index (χ4n) is 1.26. The summed E-state index contributed by atoms with van der Waals surface area (Å²) in [5.41, 5.74) is 0.683. The molecule has 0 aliphatic carbocycles. The molecule has 0 atom stereocenters. The maximum atomic E-state index is 13.2. The van der Waals surface area contributed by atoms with Crippen LogP contribution in [0.2, 0.25) is 0 Å². The van der Waals surface area contributed by atoms with Crippen molar-refractivity contribution in [2.75, 3.05) is 13.1 Å². The number of hydrogen-bond donors (Lipinski definition) is 2. The number of carbonyl (C=O) groups is 2. The number of nitrogens with one attached hydrogen (secondary N) is 2. The van der Waals surface area contributed by atoms with Crippen molar-refractivity contribution in [1.29, 1.82) is 0 Å². The maximum Gasteiger partial charge on any atom is 0.251 e. The first kappa shape index (κ1) is 13.2. The van der Waals surface area contributed by atoms with Crippen LogP contribution in [0.5, 0.6) is 0 Å². The lowest BCUT2D eigenvalue weighted by Crippen LogP contribution is -2.36. The molecule has 4 nitrogen and oxygen atoms in total. The molecule has 0 radical (unpaired) electrons. The van der Waals surface area contributed by atoms with Crippen molar-refractivity contribution in [1.82, 2.24) is 10.6 Å². The van der Waals surface area contributed by atoms with Crippen molar-refractivity contribution >= 4 is 11.8 Å². The number of aryl methyl sites for hydroxylation is 1. The van der Waals surface area contributed by atoms with Crippen LogP contribution in [-0.4, -0.2) is 24.9 Å². The van der Waals surface area contributed by atoms with Crippen molar-refractivity contribution in [3.63, 3.8) is 0 Å². The highest BCUT2D eigenvalue weighted by molar-refractivity contribution is 5.96. The van der Waals surface area contributed by atoms with Gasteiger partial charge >= 0.3 is 0 Å². The van der Waals surface area contributed by atoms with Crippen LogP contribution in [0.25, 0.3) is 0 Å². The van der Waals surface area contributed by atoms with Gasteiger partial charge in [-0.3, -0.25) is 9.59 Å². The maximum absolute atomic E-state index is 13.2. The molecule has 1 aromatic carbocycles. The average Bonchev–Trinajstić information content (AvgIpc) is 2.30. The smallest absolute Gasteiger partial charge is 0.251 e. The second-order valence-electron chi connectivity index (χ2n) is 3.60. The summed E-state index contributed by atoms with van der Waals surface area (Å²) in [5.74, 6) is -1.17. The third-order valence-corrected chi connectivity index (χ3v) is 2.22. The molecule has 0 saturated carbocycles. The molecule has 17 heavy (non-hydrogen) atoms. The lowest BCUT2D eigenvalue weighted by Gasteiger charge is -2.06. The predicted molar refractivity (Wildman–Crippen MR) is 62.2 cm³/mol. The number of halogens is 1. The summed E-state index contributed by atoms with van der Waals surface area (Å²) in [6.45, 7) is 3.80. The average molecular weight is 238 g/mol. The van der Waals surface area contributed by atoms with E-state index in [-0.39, 0.29) is 18.0 Å². The molecule has 5 heteroatoms. The van der Waals surface area contributed by atoms with Crippen LogP contribution in [0.4, 0.5) is 4.39 Å². The van der Waals surface area contributed by atoms with Gasteiger partial charge in [0.1, 0.15) is 5.82 Å². The number of hydrogen-bond acceptors (Lipinski definition) is 2. The van der Waals surface area contributed by atoms with E-state index in [1.165, 1.54) is 12.1 Å². The van der Waals surface area contributed by atoms with E-state index in [1.807, 2.05) is 0 Å². The van der Waals surface area contributed by atoms with E-state index in [0.717, 1.165) is 6.07 Å². The Balaban J connectivity index is 2.58. The molecule has 0 saturated heterocycles. The van der Waals surface area contributed by atoms with Gasteiger partial charge in [-0.2, -0.15) is 0 Å². The number of rotatable bonds is 4. The Bertz CT molecular complexity index is 433. The van der Waals surface area contributed by atoms with Gasteiger partial charge in [-0.1, -0.05) is 6.07 Å². The molecule has 0 fully saturated rings. The highest BCUT2D eigenvalue weighted by atomic mass is 19.1. The Morgan fingerprint density at radius 2 is 2.00 bits per heavy atom. The van der Waals surface area contributed by atoms with Gasteiger partial charge in [-0.15, -0.1) is 0 Å². The Morgan fingerprint density at radius 1 is 1.29 bits per heavy atom. The lowest BCUT2D eigenvalue weighted by atomic mass is 10.1. The van der Waals surface area contributed by atoms with E-state index in [0.29, 0.717) is 12.1 Å². The number of benzene rings is 1. The first-order valence-electron chi connectivity index (χ1n) is 5.35. The summed E-state index contributed by atoms with van der Waals surface area (Å²) in [6, 6.07) is 4.20. The van der Waals surface area contributed by atoms with Gasteiger partial charge in [-0.05, 0) is 31.5 Å². The minimum Gasteiger partial charge on any atom is -0.355 e. The second kappa shape index (κ2) is 5.98. The molecule has 0 bridgehead atoms. The summed E-state index contributed by atoms with van der Waals surface area (Å²) >= 11 is 0. The largest absolute Gasteiger partial charge is 0.355 e. The first-order valence-corrected chi connectivity index (χ1v) is 5.35. The first-order chi connectivity index (χ1) is 8.04. The Labute approximate surface area is 99.2 Å². The molecule has 1 rings (SSSR count). The van der Waals surface area contributed by atoms with Crippen molar-refractivity contribution in [3.8, 4) is 0 Å². The molecule has 0 unspecified atom stereocenters. The molecule has 0 spiro atoms. The minimum absolute atomic E-state index is 0.109. The fourth-order valence-corrected chi connectivity index (χ4v) is 1.26. The summed E-state index contributed by atoms with van der Waals surface area (Å²) in [5, 5.41) is 4.96. The van der Waals surface area contributed by atoms with Crippen LogP contribution in [0, 0.1) is 12.7 Å². The van der Waals surface area contributed by atoms with E-state index >= 15 is 0 Å². The van der Waals surface area contributed by atoms with Crippen molar-refractivity contribution in [2.45, 2.75) is 13.8 Å². The molecule has 0 aromatic heterocycles. The van der Waals surface area contributed by atoms with Crippen LogP contribution >= 0.6 is 0 Å². The third kappa shape index (κ3) is 3.86. The van der Waals surface area contributed by atoms with Gasteiger partial charge < -0.3 is 10.6 Å². The molecular weight excluding hydrogens is 223 g/mol. The van der Waals surface area contributed by atoms with Crippen LogP contribution in [0.3, 0.4) is 0 Å². The zero-order valence-corrected chi connectivity index (χ0v) is 9.84. The molecule has 2 N–H and O–H groups in total. The van der Waals surface area contributed by atoms with E-state index in [2.05, 4.69) is 10.6 Å². The molecule has 0 heterocycles. The highest BCUT2D eigenvalue weighted by Crippen LogP contribution is 2.08. The van der Waals surface area contributed by atoms with Gasteiger partial charge in [0, 0.05) is 12.1 Å². The third-order valence-electron chi connectivity index (χ3n) is 2.22. The van der Waals surface area contributed by atoms with Crippen LogP contribution in [0.1, 0.15) is 22.8 Å². The lowest BCUT2D eigenvalue weighted by molar-refractivity contribution is -0.120. The van der Waals surface area contributed by atoms with E-state index in [9.17, 15) is 14.0 Å². The van der Waals surface area contributed by atoms with E-state index in [1.54, 1.807) is 13.8 Å². The van der Waals surface area contributed by atoms with E-state index in [4.69, 9.17) is 0 Å². The van der Waals surface area contributed by atoms with Crippen molar-refractivity contribution in [3.05, 3.63) is 35.1 Å². The Kier molecular flexibility index (Phi) is 4.63. The summed E-state index contributed by atoms with van der Waals surface area (Å²) in [4.78, 5) is 22.7. The molecule has 0 aliphatic heterocycles. The molecule has 2 amide bonds. The number of amides is 2. The summed E-state index contributed by atoms with van der Waals surface area (Å²) in [6.07, 6.45) is 0.